The van der Waals surface area contributed by atoms with Crippen molar-refractivity contribution in [1.82, 2.24) is 9.96 Å². The fourth-order valence-corrected chi connectivity index (χ4v) is 2.09. The molecule has 1 saturated heterocycles. The lowest BCUT2D eigenvalue weighted by Crippen LogP contribution is -2.29. The summed E-state index contributed by atoms with van der Waals surface area (Å²) in [5.74, 6) is 0. The Morgan fingerprint density at radius 2 is 2.38 bits per heavy atom. The van der Waals surface area contributed by atoms with E-state index in [-0.39, 0.29) is 0 Å². The molecule has 0 radical (unpaired) electrons. The molecule has 0 aromatic rings. The van der Waals surface area contributed by atoms with E-state index in [1.54, 1.807) is 0 Å². The van der Waals surface area contributed by atoms with Crippen molar-refractivity contribution in [2.45, 2.75) is 18.9 Å². The first kappa shape index (κ1) is 8.78. The quantitative estimate of drug-likeness (QED) is 0.657. The van der Waals surface area contributed by atoms with Gasteiger partial charge in [0.05, 0.1) is 6.54 Å². The summed E-state index contributed by atoms with van der Waals surface area (Å²) in [6.45, 7) is 1.78. The standard InChI is InChI=1S/C10H16N2O/c1-11-6-3-5-10(11)9-4-2-7-12(13)8-9/h2,4,8,10,13H,3,5-7H2,1H3. The molecule has 3 heteroatoms. The van der Waals surface area contributed by atoms with Crippen molar-refractivity contribution in [3.05, 3.63) is 23.9 Å². The van der Waals surface area contributed by atoms with Gasteiger partial charge in [-0.2, -0.15) is 0 Å². The molecule has 0 spiro atoms. The molecular weight excluding hydrogens is 164 g/mol. The van der Waals surface area contributed by atoms with E-state index >= 15 is 0 Å². The fraction of sp³-hybridized carbons (Fsp3) is 0.600. The lowest BCUT2D eigenvalue weighted by Gasteiger charge is -2.24. The second kappa shape index (κ2) is 3.52. The van der Waals surface area contributed by atoms with Crippen LogP contribution in [0.4, 0.5) is 0 Å². The van der Waals surface area contributed by atoms with Crippen molar-refractivity contribution in [2.24, 2.45) is 0 Å². The van der Waals surface area contributed by atoms with Crippen molar-refractivity contribution in [3.63, 3.8) is 0 Å². The molecule has 0 bridgehead atoms. The molecule has 0 aliphatic carbocycles. The van der Waals surface area contributed by atoms with Gasteiger partial charge in [0.1, 0.15) is 0 Å². The minimum atomic E-state index is 0.506. The molecule has 13 heavy (non-hydrogen) atoms. The normalized spacial score (nSPS) is 29.5. The fourth-order valence-electron chi connectivity index (χ4n) is 2.09. The van der Waals surface area contributed by atoms with Crippen LogP contribution in [0.3, 0.4) is 0 Å². The monoisotopic (exact) mass is 180 g/mol. The van der Waals surface area contributed by atoms with Gasteiger partial charge >= 0.3 is 0 Å². The molecule has 72 valence electrons. The van der Waals surface area contributed by atoms with E-state index in [9.17, 15) is 5.21 Å². The average Bonchev–Trinajstić information content (AvgIpc) is 2.51. The summed E-state index contributed by atoms with van der Waals surface area (Å²) >= 11 is 0. The Kier molecular flexibility index (Phi) is 2.38. The van der Waals surface area contributed by atoms with Crippen LogP contribution >= 0.6 is 0 Å². The topological polar surface area (TPSA) is 26.7 Å². The molecule has 2 heterocycles. The summed E-state index contributed by atoms with van der Waals surface area (Å²) in [5, 5.41) is 10.6. The number of nitrogens with zero attached hydrogens (tertiary/aromatic N) is 2. The maximum absolute atomic E-state index is 9.31. The highest BCUT2D eigenvalue weighted by Gasteiger charge is 2.24. The molecule has 2 rings (SSSR count). The number of hydrogen-bond acceptors (Lipinski definition) is 3. The Labute approximate surface area is 78.9 Å². The minimum absolute atomic E-state index is 0.506. The van der Waals surface area contributed by atoms with Gasteiger partial charge in [-0.3, -0.25) is 15.2 Å². The molecule has 3 nitrogen and oxygen atoms in total. The van der Waals surface area contributed by atoms with E-state index in [2.05, 4.69) is 18.0 Å². The zero-order valence-corrected chi connectivity index (χ0v) is 7.98. The van der Waals surface area contributed by atoms with Gasteiger partial charge < -0.3 is 0 Å². The third-order valence-electron chi connectivity index (χ3n) is 2.81. The molecule has 1 unspecified atom stereocenters. The Hall–Kier alpha value is -0.800. The molecular formula is C10H16N2O. The predicted molar refractivity (Wildman–Crippen MR) is 51.4 cm³/mol. The van der Waals surface area contributed by atoms with Crippen molar-refractivity contribution in [3.8, 4) is 0 Å². The first-order valence-electron chi connectivity index (χ1n) is 4.81. The van der Waals surface area contributed by atoms with Gasteiger partial charge in [0.25, 0.3) is 0 Å². The summed E-state index contributed by atoms with van der Waals surface area (Å²) < 4.78 is 0. The largest absolute Gasteiger partial charge is 0.299 e. The Bertz CT molecular complexity index is 247. The van der Waals surface area contributed by atoms with E-state index in [1.807, 2.05) is 12.3 Å². The van der Waals surface area contributed by atoms with Gasteiger partial charge in [-0.25, -0.2) is 0 Å². The lowest BCUT2D eigenvalue weighted by molar-refractivity contribution is -0.0318. The van der Waals surface area contributed by atoms with Crippen molar-refractivity contribution >= 4 is 0 Å². The summed E-state index contributed by atoms with van der Waals surface area (Å²) in [5.41, 5.74) is 1.23. The highest BCUT2D eigenvalue weighted by Crippen LogP contribution is 2.24. The number of likely N-dealkylation sites (N-methyl/N-ethyl adjacent to an activating group) is 1. The van der Waals surface area contributed by atoms with Crippen LogP contribution in [0.15, 0.2) is 23.9 Å². The van der Waals surface area contributed by atoms with Crippen molar-refractivity contribution in [1.29, 1.82) is 0 Å². The predicted octanol–water partition coefficient (Wildman–Crippen LogP) is 1.23. The van der Waals surface area contributed by atoms with Crippen LogP contribution in [0, 0.1) is 0 Å². The van der Waals surface area contributed by atoms with Crippen molar-refractivity contribution < 1.29 is 5.21 Å². The van der Waals surface area contributed by atoms with Gasteiger partial charge in [0, 0.05) is 12.2 Å². The summed E-state index contributed by atoms with van der Waals surface area (Å²) in [4.78, 5) is 2.34. The van der Waals surface area contributed by atoms with Gasteiger partial charge in [-0.15, -0.1) is 0 Å². The molecule has 1 N–H and O–H groups in total. The number of rotatable bonds is 1. The van der Waals surface area contributed by atoms with Crippen LogP contribution in [-0.4, -0.2) is 41.3 Å². The van der Waals surface area contributed by atoms with E-state index in [4.69, 9.17) is 0 Å². The third-order valence-corrected chi connectivity index (χ3v) is 2.81. The molecule has 1 atom stereocenters. The van der Waals surface area contributed by atoms with Crippen LogP contribution in [-0.2, 0) is 0 Å². The maximum atomic E-state index is 9.31. The van der Waals surface area contributed by atoms with Gasteiger partial charge in [0.15, 0.2) is 0 Å². The van der Waals surface area contributed by atoms with Crippen LogP contribution < -0.4 is 0 Å². The lowest BCUT2D eigenvalue weighted by atomic mass is 10.0. The Morgan fingerprint density at radius 1 is 1.54 bits per heavy atom. The van der Waals surface area contributed by atoms with E-state index in [1.165, 1.54) is 30.0 Å². The maximum Gasteiger partial charge on any atom is 0.0630 e. The molecule has 0 saturated carbocycles. The SMILES string of the molecule is CN1CCCC1C1=CN(O)CC=C1. The zero-order valence-electron chi connectivity index (χ0n) is 7.98. The van der Waals surface area contributed by atoms with Gasteiger partial charge in [-0.05, 0) is 32.0 Å². The number of likely N-dealkylation sites (tertiary alicyclic amines) is 1. The van der Waals surface area contributed by atoms with Crippen LogP contribution in [0.5, 0.6) is 0 Å². The second-order valence-corrected chi connectivity index (χ2v) is 3.79. The highest BCUT2D eigenvalue weighted by molar-refractivity contribution is 5.27. The molecule has 2 aliphatic rings. The molecule has 0 aromatic heterocycles. The average molecular weight is 180 g/mol. The minimum Gasteiger partial charge on any atom is -0.299 e. The summed E-state index contributed by atoms with van der Waals surface area (Å²) in [7, 11) is 2.14. The molecule has 0 amide bonds. The summed E-state index contributed by atoms with van der Waals surface area (Å²) in [6, 6.07) is 0.506. The van der Waals surface area contributed by atoms with Crippen LogP contribution in [0.25, 0.3) is 0 Å². The number of hydroxylamine groups is 2. The van der Waals surface area contributed by atoms with E-state index in [0.717, 1.165) is 0 Å². The van der Waals surface area contributed by atoms with Crippen LogP contribution in [0.2, 0.25) is 0 Å². The second-order valence-electron chi connectivity index (χ2n) is 3.79. The third kappa shape index (κ3) is 1.76. The smallest absolute Gasteiger partial charge is 0.0630 e. The molecule has 1 fully saturated rings. The Balaban J connectivity index is 2.11. The van der Waals surface area contributed by atoms with E-state index < -0.39 is 0 Å². The first-order chi connectivity index (χ1) is 6.27. The highest BCUT2D eigenvalue weighted by atomic mass is 16.5. The van der Waals surface area contributed by atoms with Crippen LogP contribution in [0.1, 0.15) is 12.8 Å². The van der Waals surface area contributed by atoms with Gasteiger partial charge in [0.2, 0.25) is 0 Å². The number of hydrogen-bond donors (Lipinski definition) is 1. The van der Waals surface area contributed by atoms with E-state index in [0.29, 0.717) is 12.6 Å². The first-order valence-corrected chi connectivity index (χ1v) is 4.81. The molecule has 2 aliphatic heterocycles. The Morgan fingerprint density at radius 3 is 3.00 bits per heavy atom. The van der Waals surface area contributed by atoms with Gasteiger partial charge in [-0.1, -0.05) is 12.2 Å². The summed E-state index contributed by atoms with van der Waals surface area (Å²) in [6.07, 6.45) is 8.44. The zero-order chi connectivity index (χ0) is 9.26. The van der Waals surface area contributed by atoms with Crippen molar-refractivity contribution in [2.75, 3.05) is 20.1 Å². The molecule has 0 aromatic carbocycles.